The summed E-state index contributed by atoms with van der Waals surface area (Å²) in [4.78, 5) is 11.1. The maximum atomic E-state index is 12.8. The maximum Gasteiger partial charge on any atom is 0.347 e. The van der Waals surface area contributed by atoms with Crippen LogP contribution < -0.4 is 0 Å². The van der Waals surface area contributed by atoms with Crippen LogP contribution >= 0.6 is 11.3 Å². The molecule has 1 aromatic heterocycles. The van der Waals surface area contributed by atoms with Gasteiger partial charge in [0.05, 0.1) is 0 Å². The van der Waals surface area contributed by atoms with E-state index in [4.69, 9.17) is 0 Å². The van der Waals surface area contributed by atoms with E-state index in [9.17, 15) is 18.3 Å². The molecule has 118 valence electrons. The van der Waals surface area contributed by atoms with E-state index < -0.39 is 16.0 Å². The molecule has 2 heterocycles. The van der Waals surface area contributed by atoms with Gasteiger partial charge in [-0.2, -0.15) is 4.31 Å². The Balaban J connectivity index is 2.37. The molecule has 1 unspecified atom stereocenters. The van der Waals surface area contributed by atoms with E-state index in [-0.39, 0.29) is 15.2 Å². The second-order valence-corrected chi connectivity index (χ2v) is 9.35. The Bertz CT molecular complexity index is 655. The zero-order chi connectivity index (χ0) is 16.0. The Morgan fingerprint density at radius 3 is 2.52 bits per heavy atom. The monoisotopic (exact) mass is 331 g/mol. The van der Waals surface area contributed by atoms with E-state index in [0.717, 1.165) is 17.8 Å². The first kappa shape index (κ1) is 16.5. The summed E-state index contributed by atoms with van der Waals surface area (Å²) in [7, 11) is -3.73. The number of nitrogens with zero attached hydrogens (tertiary/aromatic N) is 1. The number of hydrogen-bond acceptors (Lipinski definition) is 4. The van der Waals surface area contributed by atoms with Crippen LogP contribution in [0.4, 0.5) is 0 Å². The van der Waals surface area contributed by atoms with Crippen LogP contribution in [0.5, 0.6) is 0 Å². The Labute approximate surface area is 129 Å². The molecule has 0 bridgehead atoms. The highest BCUT2D eigenvalue weighted by molar-refractivity contribution is 7.89. The van der Waals surface area contributed by atoms with Crippen molar-refractivity contribution >= 4 is 27.3 Å². The lowest BCUT2D eigenvalue weighted by atomic mass is 9.80. The molecule has 1 aliphatic heterocycles. The molecule has 0 amide bonds. The Morgan fingerprint density at radius 1 is 1.43 bits per heavy atom. The normalized spacial score (nSPS) is 20.9. The van der Waals surface area contributed by atoms with Crippen molar-refractivity contribution in [2.45, 2.75) is 39.0 Å². The third kappa shape index (κ3) is 3.00. The van der Waals surface area contributed by atoms with Gasteiger partial charge >= 0.3 is 5.97 Å². The molecule has 1 aromatic rings. The van der Waals surface area contributed by atoms with Crippen LogP contribution in [0.1, 0.15) is 42.4 Å². The van der Waals surface area contributed by atoms with Crippen molar-refractivity contribution < 1.29 is 18.3 Å². The van der Waals surface area contributed by atoms with Crippen molar-refractivity contribution in [1.29, 1.82) is 0 Å². The SMILES string of the molecule is Cc1csc(C(=O)O)c1S(=O)(=O)N1CCC(C(C)(C)C)C1. The van der Waals surface area contributed by atoms with E-state index in [1.165, 1.54) is 4.31 Å². The molecule has 1 aliphatic rings. The van der Waals surface area contributed by atoms with Crippen LogP contribution in [0, 0.1) is 18.3 Å². The third-order valence-electron chi connectivity index (χ3n) is 4.09. The minimum Gasteiger partial charge on any atom is -0.477 e. The fourth-order valence-corrected chi connectivity index (χ4v) is 5.77. The van der Waals surface area contributed by atoms with Gasteiger partial charge in [0.1, 0.15) is 9.77 Å². The molecule has 1 N–H and O–H groups in total. The van der Waals surface area contributed by atoms with Crippen molar-refractivity contribution in [2.75, 3.05) is 13.1 Å². The summed E-state index contributed by atoms with van der Waals surface area (Å²) in [6.07, 6.45) is 0.814. The van der Waals surface area contributed by atoms with Gasteiger partial charge in [-0.25, -0.2) is 13.2 Å². The molecule has 1 saturated heterocycles. The van der Waals surface area contributed by atoms with E-state index >= 15 is 0 Å². The molecule has 0 saturated carbocycles. The molecule has 0 aliphatic carbocycles. The number of carboxylic acids is 1. The van der Waals surface area contributed by atoms with Crippen LogP contribution in [0.3, 0.4) is 0 Å². The quantitative estimate of drug-likeness (QED) is 0.924. The van der Waals surface area contributed by atoms with Crippen molar-refractivity contribution in [3.63, 3.8) is 0 Å². The summed E-state index contributed by atoms with van der Waals surface area (Å²) in [5, 5.41) is 10.8. The Morgan fingerprint density at radius 2 is 2.05 bits per heavy atom. The van der Waals surface area contributed by atoms with Crippen LogP contribution in [-0.4, -0.2) is 36.9 Å². The lowest BCUT2D eigenvalue weighted by Crippen LogP contribution is -2.32. The number of rotatable bonds is 3. The zero-order valence-corrected chi connectivity index (χ0v) is 14.3. The molecule has 5 nitrogen and oxygen atoms in total. The smallest absolute Gasteiger partial charge is 0.347 e. The molecular weight excluding hydrogens is 310 g/mol. The molecule has 0 spiro atoms. The highest BCUT2D eigenvalue weighted by atomic mass is 32.2. The number of hydrogen-bond donors (Lipinski definition) is 1. The van der Waals surface area contributed by atoms with Gasteiger partial charge in [0.25, 0.3) is 0 Å². The van der Waals surface area contributed by atoms with Crippen molar-refractivity contribution in [3.05, 3.63) is 15.8 Å². The minimum absolute atomic E-state index is 0.0328. The predicted molar refractivity (Wildman–Crippen MR) is 82.3 cm³/mol. The molecule has 0 aromatic carbocycles. The van der Waals surface area contributed by atoms with Crippen molar-refractivity contribution in [2.24, 2.45) is 11.3 Å². The highest BCUT2D eigenvalue weighted by Crippen LogP contribution is 2.37. The number of aromatic carboxylic acids is 1. The van der Waals surface area contributed by atoms with E-state index in [0.29, 0.717) is 24.6 Å². The first-order valence-electron chi connectivity index (χ1n) is 6.86. The van der Waals surface area contributed by atoms with Gasteiger partial charge in [-0.05, 0) is 35.6 Å². The number of carbonyl (C=O) groups is 1. The lowest BCUT2D eigenvalue weighted by Gasteiger charge is -2.27. The van der Waals surface area contributed by atoms with Crippen LogP contribution in [0.2, 0.25) is 0 Å². The minimum atomic E-state index is -3.73. The average molecular weight is 331 g/mol. The van der Waals surface area contributed by atoms with Gasteiger partial charge in [-0.1, -0.05) is 20.8 Å². The summed E-state index contributed by atoms with van der Waals surface area (Å²) in [5.41, 5.74) is 0.556. The fourth-order valence-electron chi connectivity index (χ4n) is 2.68. The maximum absolute atomic E-state index is 12.8. The molecule has 1 fully saturated rings. The van der Waals surface area contributed by atoms with Gasteiger partial charge < -0.3 is 5.11 Å². The first-order chi connectivity index (χ1) is 9.55. The lowest BCUT2D eigenvalue weighted by molar-refractivity contribution is 0.0698. The number of thiophene rings is 1. The van der Waals surface area contributed by atoms with Crippen molar-refractivity contribution in [3.8, 4) is 0 Å². The Hall–Kier alpha value is -0.920. The van der Waals surface area contributed by atoms with Gasteiger partial charge in [-0.15, -0.1) is 11.3 Å². The van der Waals surface area contributed by atoms with E-state index in [1.54, 1.807) is 12.3 Å². The van der Waals surface area contributed by atoms with Gasteiger partial charge in [-0.3, -0.25) is 0 Å². The summed E-state index contributed by atoms with van der Waals surface area (Å²) < 4.78 is 27.0. The van der Waals surface area contributed by atoms with Crippen LogP contribution in [0.15, 0.2) is 10.3 Å². The van der Waals surface area contributed by atoms with Crippen LogP contribution in [-0.2, 0) is 10.0 Å². The average Bonchev–Trinajstić information content (AvgIpc) is 2.93. The Kier molecular flexibility index (Phi) is 4.21. The third-order valence-corrected chi connectivity index (χ3v) is 7.35. The largest absolute Gasteiger partial charge is 0.477 e. The van der Waals surface area contributed by atoms with Gasteiger partial charge in [0, 0.05) is 13.1 Å². The number of sulfonamides is 1. The first-order valence-corrected chi connectivity index (χ1v) is 9.18. The molecule has 0 radical (unpaired) electrons. The summed E-state index contributed by atoms with van der Waals surface area (Å²) in [6.45, 7) is 8.87. The second-order valence-electron chi connectivity index (χ2n) is 6.60. The topological polar surface area (TPSA) is 74.7 Å². The van der Waals surface area contributed by atoms with E-state index in [2.05, 4.69) is 20.8 Å². The zero-order valence-electron chi connectivity index (χ0n) is 12.7. The summed E-state index contributed by atoms with van der Waals surface area (Å²) in [6, 6.07) is 0. The fraction of sp³-hybridized carbons (Fsp3) is 0.643. The second kappa shape index (κ2) is 5.37. The van der Waals surface area contributed by atoms with E-state index in [1.807, 2.05) is 0 Å². The highest BCUT2D eigenvalue weighted by Gasteiger charge is 2.40. The molecular formula is C14H21NO4S2. The molecule has 2 rings (SSSR count). The summed E-state index contributed by atoms with van der Waals surface area (Å²) in [5.74, 6) is -0.891. The predicted octanol–water partition coefficient (Wildman–Crippen LogP) is 2.81. The van der Waals surface area contributed by atoms with Gasteiger partial charge in [0.2, 0.25) is 10.0 Å². The summed E-state index contributed by atoms with van der Waals surface area (Å²) >= 11 is 0.971. The molecule has 21 heavy (non-hydrogen) atoms. The number of aryl methyl sites for hydroxylation is 1. The van der Waals surface area contributed by atoms with Gasteiger partial charge in [0.15, 0.2) is 0 Å². The molecule has 1 atom stereocenters. The molecule has 7 heteroatoms. The van der Waals surface area contributed by atoms with Crippen LogP contribution in [0.25, 0.3) is 0 Å². The van der Waals surface area contributed by atoms with Crippen molar-refractivity contribution in [1.82, 2.24) is 4.31 Å². The standard InChI is InChI=1S/C14H21NO4S2/c1-9-8-20-11(13(16)17)12(9)21(18,19)15-6-5-10(7-15)14(2,3)4/h8,10H,5-7H2,1-4H3,(H,16,17). The number of carboxylic acid groups (broad SMARTS) is 1.